The zero-order chi connectivity index (χ0) is 17.2. The average molecular weight is 335 g/mol. The molecule has 0 unspecified atom stereocenters. The van der Waals surface area contributed by atoms with Crippen molar-refractivity contribution in [3.8, 4) is 0 Å². The summed E-state index contributed by atoms with van der Waals surface area (Å²) in [6, 6.07) is 0. The third-order valence-electron chi connectivity index (χ3n) is 2.76. The fourth-order valence-corrected chi connectivity index (χ4v) is 2.77. The summed E-state index contributed by atoms with van der Waals surface area (Å²) in [6.07, 6.45) is 12.2. The first-order chi connectivity index (χ1) is 10.4. The predicted octanol–water partition coefficient (Wildman–Crippen LogP) is 4.72. The molecule has 0 N–H and O–H groups in total. The molecule has 0 aromatic carbocycles. The number of hydrogen-bond donors (Lipinski definition) is 1. The van der Waals surface area contributed by atoms with E-state index in [-0.39, 0.29) is 9.81 Å². The molecule has 0 atom stereocenters. The van der Waals surface area contributed by atoms with Crippen molar-refractivity contribution in [2.24, 2.45) is 0 Å². The number of thiol groups is 1. The fourth-order valence-electron chi connectivity index (χ4n) is 1.33. The highest BCUT2D eigenvalue weighted by molar-refractivity contribution is 7.99. The van der Waals surface area contributed by atoms with Crippen LogP contribution in [-0.2, 0) is 9.84 Å². The number of hydrogen-bond acceptors (Lipinski definition) is 3. The molecule has 0 bridgehead atoms. The lowest BCUT2D eigenvalue weighted by Crippen LogP contribution is -2.04. The Morgan fingerprint density at radius 3 is 1.73 bits per heavy atom. The molecule has 0 aliphatic rings. The van der Waals surface area contributed by atoms with Crippen LogP contribution in [0.3, 0.4) is 0 Å². The number of rotatable bonds is 9. The highest BCUT2D eigenvalue weighted by Gasteiger charge is 2.18. The SMILES string of the molecule is C=C/C(C)=C\C=C(/C=C)S(=O)(=O)/C(C=C)=C/C=C(\C=C)CS. The van der Waals surface area contributed by atoms with Crippen LogP contribution in [0.25, 0.3) is 0 Å². The molecular weight excluding hydrogens is 312 g/mol. The Hall–Kier alpha value is -1.78. The van der Waals surface area contributed by atoms with Gasteiger partial charge in [0.2, 0.25) is 9.84 Å². The van der Waals surface area contributed by atoms with Crippen molar-refractivity contribution in [3.05, 3.63) is 95.9 Å². The van der Waals surface area contributed by atoms with Crippen LogP contribution in [0.1, 0.15) is 6.92 Å². The third kappa shape index (κ3) is 5.92. The normalized spacial score (nSPS) is 14.5. The molecule has 0 rings (SSSR count). The highest BCUT2D eigenvalue weighted by atomic mass is 32.2. The van der Waals surface area contributed by atoms with Crippen molar-refractivity contribution in [1.29, 1.82) is 0 Å². The second-order valence-corrected chi connectivity index (χ2v) is 6.53. The van der Waals surface area contributed by atoms with Crippen LogP contribution in [0.4, 0.5) is 0 Å². The van der Waals surface area contributed by atoms with Crippen molar-refractivity contribution in [1.82, 2.24) is 0 Å². The second-order valence-electron chi connectivity index (χ2n) is 4.27. The zero-order valence-corrected chi connectivity index (χ0v) is 14.5. The number of sulfone groups is 1. The van der Waals surface area contributed by atoms with Crippen LogP contribution < -0.4 is 0 Å². The van der Waals surface area contributed by atoms with Gasteiger partial charge >= 0.3 is 0 Å². The summed E-state index contributed by atoms with van der Waals surface area (Å²) in [5, 5.41) is 0. The Morgan fingerprint density at radius 2 is 1.36 bits per heavy atom. The van der Waals surface area contributed by atoms with Crippen LogP contribution in [0.2, 0.25) is 0 Å². The van der Waals surface area contributed by atoms with E-state index in [1.807, 2.05) is 6.92 Å². The second kappa shape index (κ2) is 10.0. The molecule has 0 spiro atoms. The lowest BCUT2D eigenvalue weighted by Gasteiger charge is -2.05. The van der Waals surface area contributed by atoms with Crippen LogP contribution in [-0.4, -0.2) is 14.2 Å². The van der Waals surface area contributed by atoms with Crippen molar-refractivity contribution < 1.29 is 8.42 Å². The molecule has 0 saturated carbocycles. The molecule has 0 amide bonds. The Balaban J connectivity index is 5.94. The van der Waals surface area contributed by atoms with Crippen molar-refractivity contribution in [2.75, 3.05) is 5.75 Å². The maximum Gasteiger partial charge on any atom is 0.206 e. The largest absolute Gasteiger partial charge is 0.219 e. The minimum atomic E-state index is -3.68. The number of allylic oxidation sites excluding steroid dienone is 9. The van der Waals surface area contributed by atoms with Gasteiger partial charge in [0.25, 0.3) is 0 Å². The van der Waals surface area contributed by atoms with Gasteiger partial charge in [-0.1, -0.05) is 68.3 Å². The van der Waals surface area contributed by atoms with E-state index in [2.05, 4.69) is 38.9 Å². The van der Waals surface area contributed by atoms with Gasteiger partial charge < -0.3 is 0 Å². The Kier molecular flexibility index (Phi) is 9.22. The lowest BCUT2D eigenvalue weighted by molar-refractivity contribution is 0.609. The predicted molar refractivity (Wildman–Crippen MR) is 102 cm³/mol. The standard InChI is InChI=1S/C18H22O2S2/c1-6-15(5)10-12-17(8-3)22(19,20)18(9-4)13-11-16(7-2)14-21/h6-13,21H,1-4,14H2,5H3/b15-10-,16-11+,17-12+,18-13+. The van der Waals surface area contributed by atoms with Gasteiger partial charge in [-0.15, -0.1) is 0 Å². The van der Waals surface area contributed by atoms with E-state index < -0.39 is 9.84 Å². The minimum absolute atomic E-state index is 0.0874. The maximum absolute atomic E-state index is 12.6. The molecular formula is C18H22O2S2. The quantitative estimate of drug-likeness (QED) is 0.489. The van der Waals surface area contributed by atoms with Crippen molar-refractivity contribution in [2.45, 2.75) is 6.92 Å². The van der Waals surface area contributed by atoms with E-state index in [1.165, 1.54) is 24.3 Å². The minimum Gasteiger partial charge on any atom is -0.219 e. The van der Waals surface area contributed by atoms with E-state index in [0.29, 0.717) is 5.75 Å². The summed E-state index contributed by atoms with van der Waals surface area (Å²) in [4.78, 5) is 0.184. The molecule has 0 saturated heterocycles. The molecule has 0 aromatic rings. The van der Waals surface area contributed by atoms with Gasteiger partial charge in [-0.2, -0.15) is 12.6 Å². The van der Waals surface area contributed by atoms with E-state index in [4.69, 9.17) is 0 Å². The molecule has 0 aliphatic carbocycles. The summed E-state index contributed by atoms with van der Waals surface area (Å²) in [7, 11) is -3.68. The molecule has 0 radical (unpaired) electrons. The molecule has 4 heteroatoms. The van der Waals surface area contributed by atoms with E-state index in [1.54, 1.807) is 24.3 Å². The molecule has 118 valence electrons. The van der Waals surface area contributed by atoms with Crippen LogP contribution in [0, 0.1) is 0 Å². The van der Waals surface area contributed by atoms with Crippen molar-refractivity contribution in [3.63, 3.8) is 0 Å². The topological polar surface area (TPSA) is 34.1 Å². The van der Waals surface area contributed by atoms with Gasteiger partial charge in [0, 0.05) is 5.75 Å². The maximum atomic E-state index is 12.6. The van der Waals surface area contributed by atoms with Gasteiger partial charge in [0.1, 0.15) is 0 Å². The first kappa shape index (κ1) is 20.2. The summed E-state index contributed by atoms with van der Waals surface area (Å²) in [6.45, 7) is 16.2. The zero-order valence-electron chi connectivity index (χ0n) is 12.8. The first-order valence-corrected chi connectivity index (χ1v) is 8.64. The van der Waals surface area contributed by atoms with Crippen LogP contribution in [0.15, 0.2) is 95.9 Å². The van der Waals surface area contributed by atoms with Crippen molar-refractivity contribution >= 4 is 22.5 Å². The molecule has 22 heavy (non-hydrogen) atoms. The lowest BCUT2D eigenvalue weighted by atomic mass is 10.2. The summed E-state index contributed by atoms with van der Waals surface area (Å²) >= 11 is 4.14. The van der Waals surface area contributed by atoms with E-state index in [0.717, 1.165) is 11.1 Å². The monoisotopic (exact) mass is 334 g/mol. The van der Waals surface area contributed by atoms with Gasteiger partial charge in [0.15, 0.2) is 0 Å². The average Bonchev–Trinajstić information content (AvgIpc) is 2.51. The van der Waals surface area contributed by atoms with E-state index >= 15 is 0 Å². The van der Waals surface area contributed by atoms with Gasteiger partial charge in [0.05, 0.1) is 9.81 Å². The smallest absolute Gasteiger partial charge is 0.206 e. The third-order valence-corrected chi connectivity index (χ3v) is 4.97. The highest BCUT2D eigenvalue weighted by Crippen LogP contribution is 2.20. The van der Waals surface area contributed by atoms with Crippen LogP contribution >= 0.6 is 12.6 Å². The van der Waals surface area contributed by atoms with E-state index in [9.17, 15) is 8.42 Å². The molecule has 0 aromatic heterocycles. The molecule has 0 aliphatic heterocycles. The molecule has 0 heterocycles. The van der Waals surface area contributed by atoms with Gasteiger partial charge in [-0.05, 0) is 24.6 Å². The first-order valence-electron chi connectivity index (χ1n) is 6.52. The Morgan fingerprint density at radius 1 is 0.864 bits per heavy atom. The fraction of sp³-hybridized carbons (Fsp3) is 0.111. The molecule has 2 nitrogen and oxygen atoms in total. The summed E-state index contributed by atoms with van der Waals surface area (Å²) in [5.41, 5.74) is 1.66. The summed E-state index contributed by atoms with van der Waals surface area (Å²) in [5.74, 6) is 0.468. The Bertz CT molecular complexity index is 670. The summed E-state index contributed by atoms with van der Waals surface area (Å²) < 4.78 is 25.1. The van der Waals surface area contributed by atoms with Gasteiger partial charge in [-0.3, -0.25) is 0 Å². The Labute approximate surface area is 139 Å². The van der Waals surface area contributed by atoms with Crippen LogP contribution in [0.5, 0.6) is 0 Å². The van der Waals surface area contributed by atoms with Gasteiger partial charge in [-0.25, -0.2) is 8.42 Å². The molecule has 0 fully saturated rings.